The second kappa shape index (κ2) is 10.5. The maximum Gasteiger partial charge on any atom is 0.123 e. The van der Waals surface area contributed by atoms with E-state index in [2.05, 4.69) is 40.1 Å². The van der Waals surface area contributed by atoms with E-state index in [1.54, 1.807) is 13.2 Å². The molecule has 0 amide bonds. The topological polar surface area (TPSA) is 56.2 Å². The first-order chi connectivity index (χ1) is 13.7. The maximum absolute atomic E-state index is 10.2. The first kappa shape index (κ1) is 20.6. The zero-order chi connectivity index (χ0) is 19.8. The molecule has 1 heterocycles. The number of phenols is 1. The SMILES string of the molecule is COc1ccc(CN2CCN(CCCc3ccccc3)[C@H](CCO)C2)c(O)c1. The van der Waals surface area contributed by atoms with E-state index in [1.165, 1.54) is 5.56 Å². The average molecular weight is 385 g/mol. The summed E-state index contributed by atoms with van der Waals surface area (Å²) in [5.41, 5.74) is 2.30. The lowest BCUT2D eigenvalue weighted by molar-refractivity contribution is 0.0543. The van der Waals surface area contributed by atoms with Gasteiger partial charge in [-0.1, -0.05) is 36.4 Å². The first-order valence-corrected chi connectivity index (χ1v) is 10.2. The molecular formula is C23H32N2O3. The van der Waals surface area contributed by atoms with Crippen LogP contribution in [0, 0.1) is 0 Å². The smallest absolute Gasteiger partial charge is 0.123 e. The number of benzene rings is 2. The van der Waals surface area contributed by atoms with Gasteiger partial charge in [-0.15, -0.1) is 0 Å². The van der Waals surface area contributed by atoms with Crippen molar-refractivity contribution in [1.29, 1.82) is 0 Å². The number of methoxy groups -OCH3 is 1. The molecule has 2 aromatic carbocycles. The van der Waals surface area contributed by atoms with Crippen molar-refractivity contribution in [3.8, 4) is 11.5 Å². The van der Waals surface area contributed by atoms with E-state index in [0.29, 0.717) is 11.8 Å². The van der Waals surface area contributed by atoms with E-state index in [0.717, 1.165) is 57.5 Å². The van der Waals surface area contributed by atoms with Crippen molar-refractivity contribution in [1.82, 2.24) is 9.80 Å². The Morgan fingerprint density at radius 1 is 1.11 bits per heavy atom. The second-order valence-electron chi connectivity index (χ2n) is 7.52. The molecule has 5 heteroatoms. The minimum atomic E-state index is 0.210. The Morgan fingerprint density at radius 3 is 2.64 bits per heavy atom. The molecule has 0 saturated carbocycles. The number of hydrogen-bond acceptors (Lipinski definition) is 5. The number of nitrogens with zero attached hydrogens (tertiary/aromatic N) is 2. The third-order valence-electron chi connectivity index (χ3n) is 5.59. The van der Waals surface area contributed by atoms with Gasteiger partial charge in [0.05, 0.1) is 7.11 Å². The fourth-order valence-electron chi connectivity index (χ4n) is 3.99. The fraction of sp³-hybridized carbons (Fsp3) is 0.478. The van der Waals surface area contributed by atoms with Gasteiger partial charge in [-0.2, -0.15) is 0 Å². The molecule has 0 radical (unpaired) electrons. The lowest BCUT2D eigenvalue weighted by atomic mass is 10.1. The maximum atomic E-state index is 10.2. The summed E-state index contributed by atoms with van der Waals surface area (Å²) in [5.74, 6) is 0.950. The van der Waals surface area contributed by atoms with Gasteiger partial charge in [0.1, 0.15) is 11.5 Å². The molecule has 152 valence electrons. The van der Waals surface area contributed by atoms with Gasteiger partial charge in [0.15, 0.2) is 0 Å². The van der Waals surface area contributed by atoms with E-state index < -0.39 is 0 Å². The summed E-state index contributed by atoms with van der Waals surface area (Å²) in [6.45, 7) is 4.87. The van der Waals surface area contributed by atoms with Crippen LogP contribution in [0.5, 0.6) is 11.5 Å². The van der Waals surface area contributed by atoms with E-state index in [9.17, 15) is 10.2 Å². The molecule has 1 atom stereocenters. The molecule has 1 saturated heterocycles. The number of aliphatic hydroxyl groups excluding tert-OH is 1. The van der Waals surface area contributed by atoms with Crippen LogP contribution in [0.3, 0.4) is 0 Å². The Hall–Kier alpha value is -2.08. The van der Waals surface area contributed by atoms with Crippen LogP contribution in [0.2, 0.25) is 0 Å². The fourth-order valence-corrected chi connectivity index (χ4v) is 3.99. The summed E-state index contributed by atoms with van der Waals surface area (Å²) in [4.78, 5) is 4.89. The lowest BCUT2D eigenvalue weighted by Gasteiger charge is -2.41. The molecular weight excluding hydrogens is 352 g/mol. The predicted octanol–water partition coefficient (Wildman–Crippen LogP) is 2.90. The minimum absolute atomic E-state index is 0.210. The molecule has 1 aliphatic rings. The summed E-state index contributed by atoms with van der Waals surface area (Å²) < 4.78 is 5.16. The standard InChI is InChI=1S/C23H32N2O3/c1-28-22-10-9-20(23(27)16-22)17-24-13-14-25(21(18-24)11-15-26)12-5-8-19-6-3-2-4-7-19/h2-4,6-7,9-10,16,21,26-27H,5,8,11-15,17-18H2,1H3/t21-/m1/s1. The van der Waals surface area contributed by atoms with Crippen LogP contribution >= 0.6 is 0 Å². The molecule has 0 unspecified atom stereocenters. The first-order valence-electron chi connectivity index (χ1n) is 10.2. The molecule has 0 aliphatic carbocycles. The summed E-state index contributed by atoms with van der Waals surface area (Å²) in [5, 5.41) is 19.8. The highest BCUT2D eigenvalue weighted by Gasteiger charge is 2.26. The van der Waals surface area contributed by atoms with Gasteiger partial charge >= 0.3 is 0 Å². The van der Waals surface area contributed by atoms with Crippen LogP contribution in [-0.4, -0.2) is 66.0 Å². The number of aromatic hydroxyl groups is 1. The van der Waals surface area contributed by atoms with Gasteiger partial charge in [-0.25, -0.2) is 0 Å². The van der Waals surface area contributed by atoms with Crippen molar-refractivity contribution >= 4 is 0 Å². The van der Waals surface area contributed by atoms with Crippen LogP contribution in [0.4, 0.5) is 0 Å². The van der Waals surface area contributed by atoms with Crippen LogP contribution in [0.25, 0.3) is 0 Å². The van der Waals surface area contributed by atoms with Gasteiger partial charge in [-0.05, 0) is 37.4 Å². The van der Waals surface area contributed by atoms with Crippen LogP contribution < -0.4 is 4.74 Å². The van der Waals surface area contributed by atoms with Crippen molar-refractivity contribution in [2.75, 3.05) is 39.9 Å². The van der Waals surface area contributed by atoms with Gasteiger partial charge in [0, 0.05) is 50.5 Å². The van der Waals surface area contributed by atoms with Gasteiger partial charge in [0.25, 0.3) is 0 Å². The molecule has 0 aromatic heterocycles. The van der Waals surface area contributed by atoms with Gasteiger partial charge in [-0.3, -0.25) is 9.80 Å². The Kier molecular flexibility index (Phi) is 7.71. The molecule has 1 fully saturated rings. The van der Waals surface area contributed by atoms with Crippen molar-refractivity contribution < 1.29 is 14.9 Å². The molecule has 0 bridgehead atoms. The number of ether oxygens (including phenoxy) is 1. The van der Waals surface area contributed by atoms with E-state index in [4.69, 9.17) is 4.74 Å². The number of piperazine rings is 1. The second-order valence-corrected chi connectivity index (χ2v) is 7.52. The van der Waals surface area contributed by atoms with Crippen molar-refractivity contribution in [2.45, 2.75) is 31.8 Å². The molecule has 28 heavy (non-hydrogen) atoms. The highest BCUT2D eigenvalue weighted by molar-refractivity contribution is 5.39. The Labute approximate surface area is 168 Å². The average Bonchev–Trinajstić information content (AvgIpc) is 2.72. The number of aryl methyl sites for hydroxylation is 1. The van der Waals surface area contributed by atoms with E-state index in [-0.39, 0.29) is 12.4 Å². The molecule has 3 rings (SSSR count). The largest absolute Gasteiger partial charge is 0.507 e. The van der Waals surface area contributed by atoms with Crippen molar-refractivity contribution in [3.63, 3.8) is 0 Å². The summed E-state index contributed by atoms with van der Waals surface area (Å²) in [7, 11) is 1.60. The normalized spacial score (nSPS) is 18.3. The van der Waals surface area contributed by atoms with Crippen molar-refractivity contribution in [3.05, 3.63) is 59.7 Å². The molecule has 2 aromatic rings. The number of aliphatic hydroxyl groups is 1. The Morgan fingerprint density at radius 2 is 1.93 bits per heavy atom. The summed E-state index contributed by atoms with van der Waals surface area (Å²) in [6.07, 6.45) is 3.01. The Bertz CT molecular complexity index is 723. The number of hydrogen-bond donors (Lipinski definition) is 2. The number of phenolic OH excluding ortho intramolecular Hbond substituents is 1. The monoisotopic (exact) mass is 384 g/mol. The Balaban J connectivity index is 1.53. The molecule has 1 aliphatic heterocycles. The van der Waals surface area contributed by atoms with E-state index >= 15 is 0 Å². The molecule has 5 nitrogen and oxygen atoms in total. The quantitative estimate of drug-likeness (QED) is 0.696. The van der Waals surface area contributed by atoms with Crippen LogP contribution in [0.1, 0.15) is 24.0 Å². The van der Waals surface area contributed by atoms with Gasteiger partial charge in [0.2, 0.25) is 0 Å². The highest BCUT2D eigenvalue weighted by Crippen LogP contribution is 2.26. The minimum Gasteiger partial charge on any atom is -0.507 e. The van der Waals surface area contributed by atoms with E-state index in [1.807, 2.05) is 12.1 Å². The highest BCUT2D eigenvalue weighted by atomic mass is 16.5. The zero-order valence-electron chi connectivity index (χ0n) is 16.8. The summed E-state index contributed by atoms with van der Waals surface area (Å²) >= 11 is 0. The van der Waals surface area contributed by atoms with Crippen LogP contribution in [-0.2, 0) is 13.0 Å². The van der Waals surface area contributed by atoms with Crippen LogP contribution in [0.15, 0.2) is 48.5 Å². The third kappa shape index (κ3) is 5.71. The summed E-state index contributed by atoms with van der Waals surface area (Å²) in [6, 6.07) is 16.5. The van der Waals surface area contributed by atoms with Crippen molar-refractivity contribution in [2.24, 2.45) is 0 Å². The zero-order valence-corrected chi connectivity index (χ0v) is 16.8. The molecule has 0 spiro atoms. The lowest BCUT2D eigenvalue weighted by Crippen LogP contribution is -2.53. The van der Waals surface area contributed by atoms with Gasteiger partial charge < -0.3 is 14.9 Å². The number of rotatable bonds is 9. The predicted molar refractivity (Wildman–Crippen MR) is 112 cm³/mol. The third-order valence-corrected chi connectivity index (χ3v) is 5.59. The molecule has 2 N–H and O–H groups in total.